The standard InChI is InChI=1S/C20H15NO4/c22-13-18-12-17(8-11-20(18)21(23)24)16-6-9-19(10-7-16)25-14-15-4-2-1-3-5-15/h1-13H,14H2. The molecule has 0 aromatic heterocycles. The number of nitrogens with zero attached hydrogens (tertiary/aromatic N) is 1. The van der Waals surface area contributed by atoms with Crippen LogP contribution in [-0.2, 0) is 6.61 Å². The Morgan fingerprint density at radius 3 is 2.24 bits per heavy atom. The molecule has 3 aromatic rings. The van der Waals surface area contributed by atoms with Crippen molar-refractivity contribution in [3.63, 3.8) is 0 Å². The third-order valence-corrected chi connectivity index (χ3v) is 3.79. The summed E-state index contributed by atoms with van der Waals surface area (Å²) in [6.07, 6.45) is 0.499. The van der Waals surface area contributed by atoms with Crippen molar-refractivity contribution in [1.82, 2.24) is 0 Å². The highest BCUT2D eigenvalue weighted by Gasteiger charge is 2.14. The molecule has 0 saturated carbocycles. The van der Waals surface area contributed by atoms with Gasteiger partial charge in [-0.05, 0) is 41.0 Å². The second-order valence-electron chi connectivity index (χ2n) is 5.45. The number of carbonyl (C=O) groups excluding carboxylic acids is 1. The highest BCUT2D eigenvalue weighted by Crippen LogP contribution is 2.27. The number of aldehydes is 1. The van der Waals surface area contributed by atoms with E-state index in [0.29, 0.717) is 12.9 Å². The first-order chi connectivity index (χ1) is 12.2. The Hall–Kier alpha value is -3.47. The second kappa shape index (κ2) is 7.40. The zero-order valence-electron chi connectivity index (χ0n) is 13.3. The Bertz CT molecular complexity index is 889. The van der Waals surface area contributed by atoms with E-state index in [1.54, 1.807) is 6.07 Å². The summed E-state index contributed by atoms with van der Waals surface area (Å²) in [5.74, 6) is 0.727. The van der Waals surface area contributed by atoms with Gasteiger partial charge in [0.25, 0.3) is 5.69 Å². The molecule has 0 bridgehead atoms. The largest absolute Gasteiger partial charge is 0.489 e. The number of ether oxygens (including phenoxy) is 1. The normalized spacial score (nSPS) is 10.2. The molecule has 0 radical (unpaired) electrons. The second-order valence-corrected chi connectivity index (χ2v) is 5.45. The first kappa shape index (κ1) is 16.4. The van der Waals surface area contributed by atoms with Crippen LogP contribution in [0.15, 0.2) is 72.8 Å². The van der Waals surface area contributed by atoms with Gasteiger partial charge in [-0.3, -0.25) is 14.9 Å². The van der Waals surface area contributed by atoms with E-state index in [-0.39, 0.29) is 11.3 Å². The number of rotatable bonds is 6. The Morgan fingerprint density at radius 1 is 0.920 bits per heavy atom. The van der Waals surface area contributed by atoms with Gasteiger partial charge in [0.2, 0.25) is 0 Å². The predicted molar refractivity (Wildman–Crippen MR) is 94.7 cm³/mol. The smallest absolute Gasteiger partial charge is 0.279 e. The lowest BCUT2D eigenvalue weighted by atomic mass is 10.0. The van der Waals surface area contributed by atoms with E-state index in [2.05, 4.69) is 0 Å². The summed E-state index contributed by atoms with van der Waals surface area (Å²) < 4.78 is 5.73. The van der Waals surface area contributed by atoms with Crippen molar-refractivity contribution >= 4 is 12.0 Å². The molecule has 0 heterocycles. The van der Waals surface area contributed by atoms with Crippen LogP contribution in [-0.4, -0.2) is 11.2 Å². The van der Waals surface area contributed by atoms with Crippen LogP contribution in [0.5, 0.6) is 5.75 Å². The molecule has 25 heavy (non-hydrogen) atoms. The van der Waals surface area contributed by atoms with E-state index < -0.39 is 4.92 Å². The molecular weight excluding hydrogens is 318 g/mol. The van der Waals surface area contributed by atoms with Crippen LogP contribution in [0.1, 0.15) is 15.9 Å². The number of carbonyl (C=O) groups is 1. The molecule has 0 aliphatic rings. The lowest BCUT2D eigenvalue weighted by molar-refractivity contribution is -0.385. The van der Waals surface area contributed by atoms with Gasteiger partial charge in [0.15, 0.2) is 6.29 Å². The van der Waals surface area contributed by atoms with Crippen LogP contribution in [0.4, 0.5) is 5.69 Å². The number of hydrogen-bond donors (Lipinski definition) is 0. The average Bonchev–Trinajstić information content (AvgIpc) is 2.67. The number of nitro groups is 1. The molecule has 5 heteroatoms. The molecular formula is C20H15NO4. The summed E-state index contributed by atoms with van der Waals surface area (Å²) in [5.41, 5.74) is 2.54. The topological polar surface area (TPSA) is 69.4 Å². The third-order valence-electron chi connectivity index (χ3n) is 3.79. The van der Waals surface area contributed by atoms with Crippen molar-refractivity contribution in [3.8, 4) is 16.9 Å². The van der Waals surface area contributed by atoms with E-state index in [4.69, 9.17) is 4.74 Å². The number of hydrogen-bond acceptors (Lipinski definition) is 4. The van der Waals surface area contributed by atoms with E-state index in [0.717, 1.165) is 22.4 Å². The fraction of sp³-hybridized carbons (Fsp3) is 0.0500. The summed E-state index contributed by atoms with van der Waals surface area (Å²) in [4.78, 5) is 21.4. The summed E-state index contributed by atoms with van der Waals surface area (Å²) in [7, 11) is 0. The van der Waals surface area contributed by atoms with Crippen molar-refractivity contribution in [2.45, 2.75) is 6.61 Å². The molecule has 124 valence electrons. The third kappa shape index (κ3) is 3.90. The SMILES string of the molecule is O=Cc1cc(-c2ccc(OCc3ccccc3)cc2)ccc1[N+](=O)[O-]. The molecule has 0 atom stereocenters. The first-order valence-electron chi connectivity index (χ1n) is 7.68. The van der Waals surface area contributed by atoms with Crippen LogP contribution in [0, 0.1) is 10.1 Å². The fourth-order valence-electron chi connectivity index (χ4n) is 2.48. The summed E-state index contributed by atoms with van der Waals surface area (Å²) in [6, 6.07) is 21.7. The number of nitro benzene ring substituents is 1. The van der Waals surface area contributed by atoms with Crippen LogP contribution in [0.3, 0.4) is 0 Å². The van der Waals surface area contributed by atoms with Gasteiger partial charge in [0, 0.05) is 6.07 Å². The Morgan fingerprint density at radius 2 is 1.60 bits per heavy atom. The minimum atomic E-state index is -0.561. The van der Waals surface area contributed by atoms with Crippen LogP contribution in [0.2, 0.25) is 0 Å². The van der Waals surface area contributed by atoms with Crippen molar-refractivity contribution in [1.29, 1.82) is 0 Å². The molecule has 0 unspecified atom stereocenters. The van der Waals surface area contributed by atoms with Crippen LogP contribution < -0.4 is 4.74 Å². The van der Waals surface area contributed by atoms with Gasteiger partial charge in [-0.1, -0.05) is 42.5 Å². The quantitative estimate of drug-likeness (QED) is 0.374. The van der Waals surface area contributed by atoms with Gasteiger partial charge < -0.3 is 4.74 Å². The Balaban J connectivity index is 1.76. The monoisotopic (exact) mass is 333 g/mol. The average molecular weight is 333 g/mol. The van der Waals surface area contributed by atoms with Gasteiger partial charge in [0.05, 0.1) is 10.5 Å². The molecule has 3 rings (SSSR count). The van der Waals surface area contributed by atoms with E-state index in [1.165, 1.54) is 12.1 Å². The first-order valence-corrected chi connectivity index (χ1v) is 7.68. The highest BCUT2D eigenvalue weighted by atomic mass is 16.6. The predicted octanol–water partition coefficient (Wildman–Crippen LogP) is 4.65. The minimum absolute atomic E-state index is 0.0619. The highest BCUT2D eigenvalue weighted by molar-refractivity contribution is 5.84. The molecule has 0 saturated heterocycles. The molecule has 0 aliphatic heterocycles. The van der Waals surface area contributed by atoms with Crippen molar-refractivity contribution in [2.24, 2.45) is 0 Å². The molecule has 5 nitrogen and oxygen atoms in total. The minimum Gasteiger partial charge on any atom is -0.489 e. The summed E-state index contributed by atoms with van der Waals surface area (Å²) >= 11 is 0. The maximum atomic E-state index is 11.1. The summed E-state index contributed by atoms with van der Waals surface area (Å²) in [6.45, 7) is 0.479. The van der Waals surface area contributed by atoms with Gasteiger partial charge in [-0.25, -0.2) is 0 Å². The van der Waals surface area contributed by atoms with Crippen molar-refractivity contribution in [3.05, 3.63) is 94.0 Å². The summed E-state index contributed by atoms with van der Waals surface area (Å²) in [5, 5.41) is 10.9. The van der Waals surface area contributed by atoms with E-state index >= 15 is 0 Å². The molecule has 3 aromatic carbocycles. The van der Waals surface area contributed by atoms with E-state index in [9.17, 15) is 14.9 Å². The molecule has 0 N–H and O–H groups in total. The Labute approximate surface area is 144 Å². The maximum Gasteiger partial charge on any atom is 0.279 e. The lowest BCUT2D eigenvalue weighted by Gasteiger charge is -2.08. The van der Waals surface area contributed by atoms with Gasteiger partial charge >= 0.3 is 0 Å². The molecule has 0 amide bonds. The zero-order valence-corrected chi connectivity index (χ0v) is 13.3. The molecule has 0 spiro atoms. The van der Waals surface area contributed by atoms with E-state index in [1.807, 2.05) is 54.6 Å². The van der Waals surface area contributed by atoms with Gasteiger partial charge in [-0.15, -0.1) is 0 Å². The lowest BCUT2D eigenvalue weighted by Crippen LogP contribution is -1.95. The van der Waals surface area contributed by atoms with Crippen molar-refractivity contribution in [2.75, 3.05) is 0 Å². The fourth-order valence-corrected chi connectivity index (χ4v) is 2.48. The molecule has 0 fully saturated rings. The van der Waals surface area contributed by atoms with Gasteiger partial charge in [0.1, 0.15) is 12.4 Å². The maximum absolute atomic E-state index is 11.1. The van der Waals surface area contributed by atoms with Gasteiger partial charge in [-0.2, -0.15) is 0 Å². The van der Waals surface area contributed by atoms with Crippen LogP contribution >= 0.6 is 0 Å². The number of benzene rings is 3. The van der Waals surface area contributed by atoms with Crippen LogP contribution in [0.25, 0.3) is 11.1 Å². The zero-order chi connectivity index (χ0) is 17.6. The Kier molecular flexibility index (Phi) is 4.85. The molecule has 0 aliphatic carbocycles. The van der Waals surface area contributed by atoms with Crippen molar-refractivity contribution < 1.29 is 14.5 Å².